The minimum Gasteiger partial charge on any atom is -0.356 e. The van der Waals surface area contributed by atoms with E-state index in [1.807, 2.05) is 24.6 Å². The molecule has 2 heterocycles. The normalized spacial score (nSPS) is 11.1. The van der Waals surface area contributed by atoms with Crippen LogP contribution >= 0.6 is 35.3 Å². The van der Waals surface area contributed by atoms with Crippen LogP contribution < -0.4 is 5.32 Å². The quantitative estimate of drug-likeness (QED) is 0.193. The van der Waals surface area contributed by atoms with E-state index in [1.54, 1.807) is 11.3 Å². The Balaban J connectivity index is 0.00000338. The highest BCUT2D eigenvalue weighted by molar-refractivity contribution is 14.0. The van der Waals surface area contributed by atoms with E-state index in [-0.39, 0.29) is 24.0 Å². The van der Waals surface area contributed by atoms with Crippen molar-refractivity contribution in [2.24, 2.45) is 12.0 Å². The molecule has 2 aromatic rings. The van der Waals surface area contributed by atoms with Gasteiger partial charge in [0.2, 0.25) is 0 Å². The Morgan fingerprint density at radius 2 is 2.27 bits per heavy atom. The van der Waals surface area contributed by atoms with Crippen molar-refractivity contribution in [1.82, 2.24) is 25.0 Å². The fraction of sp³-hybridized carbons (Fsp3) is 0.500. The lowest BCUT2D eigenvalue weighted by Crippen LogP contribution is -2.40. The summed E-state index contributed by atoms with van der Waals surface area (Å²) in [7, 11) is 4.04. The van der Waals surface area contributed by atoms with Gasteiger partial charge in [-0.3, -0.25) is 0 Å². The molecule has 0 aliphatic heterocycles. The lowest BCUT2D eigenvalue weighted by molar-refractivity contribution is 0.468. The molecular weight excluding hydrogens is 459 g/mol. The number of hydrogen-bond donors (Lipinski definition) is 1. The topological polar surface area (TPSA) is 58.3 Å². The highest BCUT2D eigenvalue weighted by atomic mass is 127. The number of nitrogens with zero attached hydrogens (tertiary/aromatic N) is 5. The van der Waals surface area contributed by atoms with Gasteiger partial charge in [-0.2, -0.15) is 0 Å². The van der Waals surface area contributed by atoms with Crippen LogP contribution in [0, 0.1) is 6.92 Å². The monoisotopic (exact) mass is 488 g/mol. The van der Waals surface area contributed by atoms with Gasteiger partial charge in [-0.1, -0.05) is 12.1 Å². The first kappa shape index (κ1) is 22.6. The third-order valence-electron chi connectivity index (χ3n) is 4.05. The number of aliphatic imine (C=N–C) groups is 1. The highest BCUT2D eigenvalue weighted by Gasteiger charge is 2.09. The minimum absolute atomic E-state index is 0. The molecule has 0 aromatic carbocycles. The summed E-state index contributed by atoms with van der Waals surface area (Å²) >= 11 is 1.79. The maximum Gasteiger partial charge on any atom is 0.194 e. The molecule has 0 saturated carbocycles. The number of rotatable bonds is 9. The van der Waals surface area contributed by atoms with E-state index in [9.17, 15) is 0 Å². The molecule has 0 atom stereocenters. The van der Waals surface area contributed by atoms with Crippen molar-refractivity contribution < 1.29 is 0 Å². The van der Waals surface area contributed by atoms with Crippen LogP contribution in [-0.4, -0.2) is 45.8 Å². The molecule has 0 amide bonds. The zero-order chi connectivity index (χ0) is 18.1. The average molecular weight is 488 g/mol. The Kier molecular flexibility index (Phi) is 10.5. The van der Waals surface area contributed by atoms with Gasteiger partial charge in [0.25, 0.3) is 0 Å². The van der Waals surface area contributed by atoms with E-state index < -0.39 is 0 Å². The molecule has 0 bridgehead atoms. The van der Waals surface area contributed by atoms with E-state index in [1.165, 1.54) is 4.88 Å². The molecule has 2 rings (SSSR count). The fourth-order valence-corrected chi connectivity index (χ4v) is 3.09. The lowest BCUT2D eigenvalue weighted by Gasteiger charge is -2.22. The minimum atomic E-state index is 0. The molecule has 0 radical (unpaired) electrons. The van der Waals surface area contributed by atoms with Crippen molar-refractivity contribution in [2.75, 3.05) is 20.1 Å². The standard InChI is InChI=1S/C18H28N6S.HI/c1-5-6-7-12-23(3)18(19-11-10-16-9-8-13-25-16)20-14-17-22-21-15(2)24(17)4;/h5,8-9,13H,1,6-7,10-12,14H2,2-4H3,(H,19,20);1H. The summed E-state index contributed by atoms with van der Waals surface area (Å²) in [5, 5.41) is 13.9. The van der Waals surface area contributed by atoms with Gasteiger partial charge < -0.3 is 14.8 Å². The predicted octanol–water partition coefficient (Wildman–Crippen LogP) is 3.39. The van der Waals surface area contributed by atoms with Gasteiger partial charge in [-0.05, 0) is 37.6 Å². The van der Waals surface area contributed by atoms with Gasteiger partial charge in [-0.15, -0.1) is 52.1 Å². The van der Waals surface area contributed by atoms with Crippen LogP contribution in [0.1, 0.15) is 29.4 Å². The Morgan fingerprint density at radius 1 is 1.46 bits per heavy atom. The molecule has 1 N–H and O–H groups in total. The second-order valence-corrected chi connectivity index (χ2v) is 7.00. The van der Waals surface area contributed by atoms with Crippen molar-refractivity contribution >= 4 is 41.3 Å². The van der Waals surface area contributed by atoms with Crippen molar-refractivity contribution in [3.63, 3.8) is 0 Å². The third kappa shape index (κ3) is 7.06. The van der Waals surface area contributed by atoms with Crippen LogP contribution in [0.25, 0.3) is 0 Å². The Morgan fingerprint density at radius 3 is 2.88 bits per heavy atom. The lowest BCUT2D eigenvalue weighted by atomic mass is 10.3. The van der Waals surface area contributed by atoms with Gasteiger partial charge in [-0.25, -0.2) is 4.99 Å². The largest absolute Gasteiger partial charge is 0.356 e. The molecule has 2 aromatic heterocycles. The first-order valence-corrected chi connectivity index (χ1v) is 9.47. The molecule has 0 aliphatic rings. The smallest absolute Gasteiger partial charge is 0.194 e. The number of unbranched alkanes of at least 4 members (excludes halogenated alkanes) is 1. The van der Waals surface area contributed by atoms with E-state index >= 15 is 0 Å². The summed E-state index contributed by atoms with van der Waals surface area (Å²) in [6, 6.07) is 4.26. The second-order valence-electron chi connectivity index (χ2n) is 5.97. The van der Waals surface area contributed by atoms with Crippen LogP contribution in [-0.2, 0) is 20.0 Å². The number of guanidine groups is 1. The molecule has 26 heavy (non-hydrogen) atoms. The first-order chi connectivity index (χ1) is 12.1. The van der Waals surface area contributed by atoms with Crippen LogP contribution in [0.15, 0.2) is 35.2 Å². The van der Waals surface area contributed by atoms with E-state index in [0.717, 1.165) is 50.0 Å². The van der Waals surface area contributed by atoms with Gasteiger partial charge in [0.05, 0.1) is 0 Å². The van der Waals surface area contributed by atoms with Crippen LogP contribution in [0.3, 0.4) is 0 Å². The molecule has 8 heteroatoms. The number of halogens is 1. The zero-order valence-corrected chi connectivity index (χ0v) is 19.0. The molecule has 0 aliphatic carbocycles. The number of allylic oxidation sites excluding steroid dienone is 1. The van der Waals surface area contributed by atoms with E-state index in [2.05, 4.69) is 51.6 Å². The maximum atomic E-state index is 4.75. The van der Waals surface area contributed by atoms with Crippen LogP contribution in [0.2, 0.25) is 0 Å². The van der Waals surface area contributed by atoms with Gasteiger partial charge in [0.15, 0.2) is 11.8 Å². The fourth-order valence-electron chi connectivity index (χ4n) is 2.38. The van der Waals surface area contributed by atoms with Crippen molar-refractivity contribution in [3.8, 4) is 0 Å². The number of nitrogens with one attached hydrogen (secondary N) is 1. The molecule has 0 unspecified atom stereocenters. The summed E-state index contributed by atoms with van der Waals surface area (Å²) < 4.78 is 1.98. The summed E-state index contributed by atoms with van der Waals surface area (Å²) in [6.07, 6.45) is 5.03. The molecule has 0 saturated heterocycles. The zero-order valence-electron chi connectivity index (χ0n) is 15.8. The van der Waals surface area contributed by atoms with E-state index in [4.69, 9.17) is 4.99 Å². The Labute approximate surface area is 177 Å². The number of aryl methyl sites for hydroxylation is 1. The molecule has 144 valence electrons. The first-order valence-electron chi connectivity index (χ1n) is 8.59. The second kappa shape index (κ2) is 12.1. The number of thiophene rings is 1. The van der Waals surface area contributed by atoms with Crippen molar-refractivity contribution in [2.45, 2.75) is 32.7 Å². The third-order valence-corrected chi connectivity index (χ3v) is 4.99. The SMILES string of the molecule is C=CCCCN(C)C(=NCc1nnc(C)n1C)NCCc1cccs1.I. The molecule has 0 spiro atoms. The number of hydrogen-bond acceptors (Lipinski definition) is 4. The maximum absolute atomic E-state index is 4.75. The summed E-state index contributed by atoms with van der Waals surface area (Å²) in [6.45, 7) is 8.06. The average Bonchev–Trinajstić information content (AvgIpc) is 3.22. The van der Waals surface area contributed by atoms with Crippen LogP contribution in [0.5, 0.6) is 0 Å². The highest BCUT2D eigenvalue weighted by Crippen LogP contribution is 2.08. The van der Waals surface area contributed by atoms with Gasteiger partial charge in [0.1, 0.15) is 12.4 Å². The number of aromatic nitrogens is 3. The summed E-state index contributed by atoms with van der Waals surface area (Å²) in [5.41, 5.74) is 0. The molecule has 6 nitrogen and oxygen atoms in total. The van der Waals surface area contributed by atoms with Crippen LogP contribution in [0.4, 0.5) is 0 Å². The molecular formula is C18H29IN6S. The van der Waals surface area contributed by atoms with Gasteiger partial charge >= 0.3 is 0 Å². The van der Waals surface area contributed by atoms with E-state index in [0.29, 0.717) is 6.54 Å². The van der Waals surface area contributed by atoms with Crippen molar-refractivity contribution in [3.05, 3.63) is 46.7 Å². The Hall–Kier alpha value is -1.42. The predicted molar refractivity (Wildman–Crippen MR) is 120 cm³/mol. The summed E-state index contributed by atoms with van der Waals surface area (Å²) in [5.74, 6) is 2.67. The molecule has 0 fully saturated rings. The van der Waals surface area contributed by atoms with Gasteiger partial charge in [0, 0.05) is 32.1 Å². The Bertz CT molecular complexity index is 680. The summed E-state index contributed by atoms with van der Waals surface area (Å²) in [4.78, 5) is 8.30. The van der Waals surface area contributed by atoms with Crippen molar-refractivity contribution in [1.29, 1.82) is 0 Å².